The SMILES string of the molecule is Nc1cc2ncccc2c2cncn12. The third kappa shape index (κ3) is 0.821. The maximum atomic E-state index is 5.85. The summed E-state index contributed by atoms with van der Waals surface area (Å²) in [6.45, 7) is 0. The van der Waals surface area contributed by atoms with Crippen molar-refractivity contribution in [1.29, 1.82) is 0 Å². The van der Waals surface area contributed by atoms with E-state index in [1.807, 2.05) is 22.6 Å². The van der Waals surface area contributed by atoms with Gasteiger partial charge in [0.15, 0.2) is 0 Å². The van der Waals surface area contributed by atoms with Gasteiger partial charge in [-0.2, -0.15) is 0 Å². The summed E-state index contributed by atoms with van der Waals surface area (Å²) < 4.78 is 1.85. The van der Waals surface area contributed by atoms with Crippen molar-refractivity contribution in [3.8, 4) is 0 Å². The van der Waals surface area contributed by atoms with Crippen LogP contribution in [0.5, 0.6) is 0 Å². The Hall–Kier alpha value is -2.10. The van der Waals surface area contributed by atoms with Gasteiger partial charge in [0.1, 0.15) is 12.1 Å². The molecule has 0 aliphatic carbocycles. The maximum Gasteiger partial charge on any atom is 0.111 e. The zero-order chi connectivity index (χ0) is 9.54. The van der Waals surface area contributed by atoms with Crippen LogP contribution in [0.3, 0.4) is 0 Å². The molecule has 0 amide bonds. The molecule has 0 unspecified atom stereocenters. The molecule has 3 heterocycles. The Morgan fingerprint density at radius 3 is 3.21 bits per heavy atom. The minimum absolute atomic E-state index is 0.656. The Labute approximate surface area is 80.0 Å². The second kappa shape index (κ2) is 2.45. The zero-order valence-corrected chi connectivity index (χ0v) is 7.38. The number of pyridine rings is 2. The number of fused-ring (bicyclic) bond motifs is 3. The van der Waals surface area contributed by atoms with Crippen molar-refractivity contribution in [3.05, 3.63) is 36.9 Å². The average molecular weight is 184 g/mol. The number of hydrogen-bond acceptors (Lipinski definition) is 3. The van der Waals surface area contributed by atoms with E-state index < -0.39 is 0 Å². The predicted molar refractivity (Wildman–Crippen MR) is 54.9 cm³/mol. The third-order valence-corrected chi connectivity index (χ3v) is 2.32. The lowest BCUT2D eigenvalue weighted by atomic mass is 10.2. The maximum absolute atomic E-state index is 5.85. The lowest BCUT2D eigenvalue weighted by Crippen LogP contribution is -1.96. The Balaban J connectivity index is 2.66. The summed E-state index contributed by atoms with van der Waals surface area (Å²) >= 11 is 0. The van der Waals surface area contributed by atoms with Crippen LogP contribution in [0.15, 0.2) is 36.9 Å². The van der Waals surface area contributed by atoms with Gasteiger partial charge in [-0.3, -0.25) is 9.38 Å². The van der Waals surface area contributed by atoms with Crippen molar-refractivity contribution in [2.24, 2.45) is 0 Å². The van der Waals surface area contributed by atoms with Gasteiger partial charge in [-0.25, -0.2) is 4.98 Å². The highest BCUT2D eigenvalue weighted by molar-refractivity contribution is 5.94. The number of nitrogens with zero attached hydrogens (tertiary/aromatic N) is 3. The van der Waals surface area contributed by atoms with Crippen LogP contribution in [0, 0.1) is 0 Å². The molecule has 0 saturated carbocycles. The molecule has 68 valence electrons. The summed E-state index contributed by atoms with van der Waals surface area (Å²) in [5.41, 5.74) is 7.74. The number of aromatic nitrogens is 3. The van der Waals surface area contributed by atoms with Gasteiger partial charge in [0.05, 0.1) is 17.2 Å². The molecule has 0 aliphatic heterocycles. The fourth-order valence-electron chi connectivity index (χ4n) is 1.66. The molecular weight excluding hydrogens is 176 g/mol. The van der Waals surface area contributed by atoms with Crippen LogP contribution >= 0.6 is 0 Å². The van der Waals surface area contributed by atoms with Crippen LogP contribution in [0.4, 0.5) is 5.82 Å². The van der Waals surface area contributed by atoms with Crippen LogP contribution in [0.25, 0.3) is 16.4 Å². The van der Waals surface area contributed by atoms with Crippen LogP contribution in [0.1, 0.15) is 0 Å². The first kappa shape index (κ1) is 7.32. The molecule has 0 radical (unpaired) electrons. The number of nitrogen functional groups attached to an aromatic ring is 1. The molecule has 4 nitrogen and oxygen atoms in total. The van der Waals surface area contributed by atoms with E-state index in [9.17, 15) is 0 Å². The molecular formula is C10H8N4. The first-order valence-electron chi connectivity index (χ1n) is 4.31. The number of anilines is 1. The monoisotopic (exact) mass is 184 g/mol. The summed E-state index contributed by atoms with van der Waals surface area (Å²) in [5.74, 6) is 0.656. The van der Waals surface area contributed by atoms with Crippen LogP contribution in [-0.2, 0) is 0 Å². The second-order valence-corrected chi connectivity index (χ2v) is 3.15. The lowest BCUT2D eigenvalue weighted by Gasteiger charge is -2.03. The predicted octanol–water partition coefficient (Wildman–Crippen LogP) is 1.46. The van der Waals surface area contributed by atoms with Gasteiger partial charge >= 0.3 is 0 Å². The van der Waals surface area contributed by atoms with Crippen molar-refractivity contribution in [3.63, 3.8) is 0 Å². The zero-order valence-electron chi connectivity index (χ0n) is 7.38. The fraction of sp³-hybridized carbons (Fsp3) is 0. The molecule has 2 N–H and O–H groups in total. The van der Waals surface area contributed by atoms with E-state index in [-0.39, 0.29) is 0 Å². The smallest absolute Gasteiger partial charge is 0.111 e. The molecule has 3 aromatic heterocycles. The molecule has 3 rings (SSSR count). The van der Waals surface area contributed by atoms with Crippen LogP contribution in [-0.4, -0.2) is 14.4 Å². The van der Waals surface area contributed by atoms with Crippen molar-refractivity contribution >= 4 is 22.2 Å². The Kier molecular flexibility index (Phi) is 1.28. The third-order valence-electron chi connectivity index (χ3n) is 2.32. The molecule has 0 aromatic carbocycles. The van der Waals surface area contributed by atoms with Gasteiger partial charge in [-0.05, 0) is 12.1 Å². The van der Waals surface area contributed by atoms with Crippen LogP contribution in [0.2, 0.25) is 0 Å². The number of rotatable bonds is 0. The molecule has 0 saturated heterocycles. The Morgan fingerprint density at radius 1 is 1.36 bits per heavy atom. The summed E-state index contributed by atoms with van der Waals surface area (Å²) in [4.78, 5) is 8.32. The first-order chi connectivity index (χ1) is 6.86. The van der Waals surface area contributed by atoms with Gasteiger partial charge in [-0.15, -0.1) is 0 Å². The minimum Gasteiger partial charge on any atom is -0.385 e. The van der Waals surface area contributed by atoms with E-state index in [2.05, 4.69) is 9.97 Å². The number of hydrogen-bond donors (Lipinski definition) is 1. The van der Waals surface area contributed by atoms with E-state index >= 15 is 0 Å². The second-order valence-electron chi connectivity index (χ2n) is 3.15. The van der Waals surface area contributed by atoms with Crippen LogP contribution < -0.4 is 5.73 Å². The van der Waals surface area contributed by atoms with Crippen molar-refractivity contribution in [2.75, 3.05) is 5.73 Å². The lowest BCUT2D eigenvalue weighted by molar-refractivity contribution is 1.17. The number of nitrogens with two attached hydrogens (primary N) is 1. The van der Waals surface area contributed by atoms with Crippen molar-refractivity contribution < 1.29 is 0 Å². The molecule has 0 spiro atoms. The molecule has 0 bridgehead atoms. The molecule has 0 atom stereocenters. The summed E-state index contributed by atoms with van der Waals surface area (Å²) in [6.07, 6.45) is 5.26. The van der Waals surface area contributed by atoms with E-state index in [1.165, 1.54) is 0 Å². The van der Waals surface area contributed by atoms with E-state index in [0.29, 0.717) is 5.82 Å². The highest BCUT2D eigenvalue weighted by atomic mass is 15.0. The van der Waals surface area contributed by atoms with E-state index in [1.54, 1.807) is 18.7 Å². The Morgan fingerprint density at radius 2 is 2.29 bits per heavy atom. The molecule has 0 aliphatic rings. The molecule has 14 heavy (non-hydrogen) atoms. The standard InChI is InChI=1S/C10H8N4/c11-10-4-8-7(2-1-3-13-8)9-5-12-6-14(9)10/h1-6H,11H2. The number of imidazole rings is 1. The molecule has 0 fully saturated rings. The van der Waals surface area contributed by atoms with Gasteiger partial charge < -0.3 is 5.73 Å². The van der Waals surface area contributed by atoms with Gasteiger partial charge in [0.2, 0.25) is 0 Å². The summed E-state index contributed by atoms with van der Waals surface area (Å²) in [6, 6.07) is 5.77. The highest BCUT2D eigenvalue weighted by Gasteiger charge is 2.03. The Bertz CT molecular complexity index is 612. The average Bonchev–Trinajstić information content (AvgIpc) is 2.67. The normalized spacial score (nSPS) is 11.1. The summed E-state index contributed by atoms with van der Waals surface area (Å²) in [7, 11) is 0. The first-order valence-corrected chi connectivity index (χ1v) is 4.31. The van der Waals surface area contributed by atoms with Gasteiger partial charge in [0.25, 0.3) is 0 Å². The van der Waals surface area contributed by atoms with E-state index in [4.69, 9.17) is 5.73 Å². The quantitative estimate of drug-likeness (QED) is 0.575. The van der Waals surface area contributed by atoms with Crippen molar-refractivity contribution in [1.82, 2.24) is 14.4 Å². The largest absolute Gasteiger partial charge is 0.385 e. The van der Waals surface area contributed by atoms with E-state index in [0.717, 1.165) is 16.4 Å². The topological polar surface area (TPSA) is 56.2 Å². The molecule has 3 aromatic rings. The summed E-state index contributed by atoms with van der Waals surface area (Å²) in [5, 5.41) is 1.07. The van der Waals surface area contributed by atoms with Gasteiger partial charge in [-0.1, -0.05) is 0 Å². The molecule has 4 heteroatoms. The minimum atomic E-state index is 0.656. The fourth-order valence-corrected chi connectivity index (χ4v) is 1.66. The van der Waals surface area contributed by atoms with Gasteiger partial charge in [0, 0.05) is 17.6 Å². The highest BCUT2D eigenvalue weighted by Crippen LogP contribution is 2.20. The van der Waals surface area contributed by atoms with Crippen molar-refractivity contribution in [2.45, 2.75) is 0 Å².